The first-order valence-corrected chi connectivity index (χ1v) is 13.4. The lowest BCUT2D eigenvalue weighted by Crippen LogP contribution is -2.41. The van der Waals surface area contributed by atoms with E-state index in [1.54, 1.807) is 12.1 Å². The van der Waals surface area contributed by atoms with Crippen molar-refractivity contribution in [2.24, 2.45) is 11.7 Å². The molecular weight excluding hydrogens is 510 g/mol. The van der Waals surface area contributed by atoms with Crippen molar-refractivity contribution in [1.82, 2.24) is 9.88 Å². The minimum absolute atomic E-state index is 0.151. The van der Waals surface area contributed by atoms with Gasteiger partial charge >= 0.3 is 0 Å². The van der Waals surface area contributed by atoms with Gasteiger partial charge in [-0.25, -0.2) is 0 Å². The number of para-hydroxylation sites is 1. The summed E-state index contributed by atoms with van der Waals surface area (Å²) in [5.41, 5.74) is 8.85. The summed E-state index contributed by atoms with van der Waals surface area (Å²) in [5.74, 6) is 0.898. The van der Waals surface area contributed by atoms with E-state index in [9.17, 15) is 14.4 Å². The van der Waals surface area contributed by atoms with Crippen LogP contribution in [-0.2, 0) is 20.9 Å². The Labute approximate surface area is 234 Å². The van der Waals surface area contributed by atoms with Crippen molar-refractivity contribution in [3.63, 3.8) is 0 Å². The molecule has 0 saturated carbocycles. The van der Waals surface area contributed by atoms with E-state index in [0.717, 1.165) is 10.9 Å². The Morgan fingerprint density at radius 2 is 1.65 bits per heavy atom. The normalized spacial score (nSPS) is 14.3. The Morgan fingerprint density at radius 1 is 1.00 bits per heavy atom. The predicted octanol–water partition coefficient (Wildman–Crippen LogP) is 4.00. The van der Waals surface area contributed by atoms with Crippen LogP contribution in [-0.4, -0.2) is 56.0 Å². The maximum Gasteiger partial charge on any atom is 0.236 e. The lowest BCUT2D eigenvalue weighted by atomic mass is 9.95. The van der Waals surface area contributed by atoms with Gasteiger partial charge in [0.05, 0.1) is 33.8 Å². The van der Waals surface area contributed by atoms with Gasteiger partial charge in [0, 0.05) is 46.9 Å². The van der Waals surface area contributed by atoms with E-state index < -0.39 is 6.04 Å². The van der Waals surface area contributed by atoms with Gasteiger partial charge in [-0.1, -0.05) is 32.0 Å². The summed E-state index contributed by atoms with van der Waals surface area (Å²) in [6.45, 7) is 5.15. The van der Waals surface area contributed by atoms with Crippen LogP contribution in [0.15, 0.2) is 42.6 Å². The maximum atomic E-state index is 13.3. The minimum atomic E-state index is -0.523. The first-order valence-electron chi connectivity index (χ1n) is 13.4. The van der Waals surface area contributed by atoms with Crippen LogP contribution in [0, 0.1) is 5.92 Å². The van der Waals surface area contributed by atoms with Crippen LogP contribution in [0.1, 0.15) is 44.2 Å². The van der Waals surface area contributed by atoms with Gasteiger partial charge in [-0.05, 0) is 42.5 Å². The largest absolute Gasteiger partial charge is 0.493 e. The molecule has 1 aliphatic rings. The standard InChI is InChI=1S/C31H37N3O6/c1-18(2)13-22(32)31(37)33-11-8-12-34-17-21(20-9-6-7-10-23(20)34)29-25(36)16-24(35)28(29)19-14-26(38-3)30(40-5)27(15-19)39-4/h6-7,9-10,14-15,17-18,22H,8,11-13,16,32H2,1-5H3,(H,33,37). The number of allylic oxidation sites excluding steroid dienone is 2. The number of hydrogen-bond acceptors (Lipinski definition) is 7. The van der Waals surface area contributed by atoms with Crippen LogP contribution in [0.4, 0.5) is 0 Å². The number of aryl methyl sites for hydroxylation is 1. The SMILES string of the molecule is COc1cc(C2=C(c3cn(CCCNC(=O)C(N)CC(C)C)c4ccccc34)C(=O)CC2=O)cc(OC)c1OC. The van der Waals surface area contributed by atoms with Crippen molar-refractivity contribution in [3.05, 3.63) is 53.7 Å². The second-order valence-electron chi connectivity index (χ2n) is 10.3. The number of carbonyl (C=O) groups is 3. The number of benzene rings is 2. The van der Waals surface area contributed by atoms with Gasteiger partial charge < -0.3 is 29.8 Å². The third-order valence-electron chi connectivity index (χ3n) is 7.08. The summed E-state index contributed by atoms with van der Waals surface area (Å²) in [6, 6.07) is 10.6. The van der Waals surface area contributed by atoms with Crippen LogP contribution in [0.3, 0.4) is 0 Å². The second-order valence-corrected chi connectivity index (χ2v) is 10.3. The van der Waals surface area contributed by atoms with E-state index in [1.165, 1.54) is 21.3 Å². The fraction of sp³-hybridized carbons (Fsp3) is 0.387. The molecule has 3 N–H and O–H groups in total. The number of aromatic nitrogens is 1. The van der Waals surface area contributed by atoms with Crippen molar-refractivity contribution >= 4 is 39.5 Å². The molecule has 2 aromatic carbocycles. The van der Waals surface area contributed by atoms with Crippen molar-refractivity contribution in [2.75, 3.05) is 27.9 Å². The van der Waals surface area contributed by atoms with E-state index >= 15 is 0 Å². The zero-order valence-electron chi connectivity index (χ0n) is 23.7. The van der Waals surface area contributed by atoms with Gasteiger partial charge in [0.25, 0.3) is 0 Å². The number of rotatable bonds is 12. The molecule has 0 aliphatic heterocycles. The summed E-state index contributed by atoms with van der Waals surface area (Å²) in [7, 11) is 4.52. The van der Waals surface area contributed by atoms with Crippen LogP contribution in [0.5, 0.6) is 17.2 Å². The smallest absolute Gasteiger partial charge is 0.236 e. The number of fused-ring (bicyclic) bond motifs is 1. The molecule has 0 saturated heterocycles. The van der Waals surface area contributed by atoms with Crippen molar-refractivity contribution < 1.29 is 28.6 Å². The number of ketones is 2. The Hall–Kier alpha value is -4.11. The number of carbonyl (C=O) groups excluding carboxylic acids is 3. The van der Waals surface area contributed by atoms with Crippen LogP contribution in [0.2, 0.25) is 0 Å². The topological polar surface area (TPSA) is 122 Å². The third kappa shape index (κ3) is 5.74. The molecule has 1 unspecified atom stereocenters. The molecule has 4 rings (SSSR count). The molecule has 1 amide bonds. The first-order chi connectivity index (χ1) is 19.2. The number of methoxy groups -OCH3 is 3. The molecule has 1 atom stereocenters. The van der Waals surface area contributed by atoms with Gasteiger partial charge in [-0.3, -0.25) is 14.4 Å². The number of Topliss-reactive ketones (excluding diaryl/α,β-unsaturated/α-hetero) is 2. The summed E-state index contributed by atoms with van der Waals surface area (Å²) in [5, 5.41) is 3.79. The molecule has 3 aromatic rings. The Kier molecular flexibility index (Phi) is 8.94. The molecule has 40 heavy (non-hydrogen) atoms. The lowest BCUT2D eigenvalue weighted by molar-refractivity contribution is -0.123. The fourth-order valence-corrected chi connectivity index (χ4v) is 5.26. The molecule has 0 bridgehead atoms. The average molecular weight is 548 g/mol. The van der Waals surface area contributed by atoms with Gasteiger partial charge in [0.1, 0.15) is 0 Å². The van der Waals surface area contributed by atoms with Crippen molar-refractivity contribution in [3.8, 4) is 17.2 Å². The molecule has 0 fully saturated rings. The Bertz CT molecular complexity index is 1440. The molecule has 1 heterocycles. The third-order valence-corrected chi connectivity index (χ3v) is 7.08. The van der Waals surface area contributed by atoms with Crippen LogP contribution >= 0.6 is 0 Å². The van der Waals surface area contributed by atoms with Crippen LogP contribution in [0.25, 0.3) is 22.0 Å². The predicted molar refractivity (Wildman–Crippen MR) is 155 cm³/mol. The summed E-state index contributed by atoms with van der Waals surface area (Å²) < 4.78 is 18.5. The van der Waals surface area contributed by atoms with Crippen molar-refractivity contribution in [1.29, 1.82) is 0 Å². The van der Waals surface area contributed by atoms with Gasteiger partial charge in [-0.2, -0.15) is 0 Å². The number of nitrogens with one attached hydrogen (secondary N) is 1. The number of amides is 1. The molecule has 1 aliphatic carbocycles. The van der Waals surface area contributed by atoms with Gasteiger partial charge in [-0.15, -0.1) is 0 Å². The van der Waals surface area contributed by atoms with E-state index in [2.05, 4.69) is 9.88 Å². The van der Waals surface area contributed by atoms with E-state index in [4.69, 9.17) is 19.9 Å². The molecule has 1 aromatic heterocycles. The first kappa shape index (κ1) is 28.9. The minimum Gasteiger partial charge on any atom is -0.493 e. The summed E-state index contributed by atoms with van der Waals surface area (Å²) in [6.07, 6.45) is 3.02. The number of nitrogens with zero attached hydrogens (tertiary/aromatic N) is 1. The second kappa shape index (κ2) is 12.4. The summed E-state index contributed by atoms with van der Waals surface area (Å²) in [4.78, 5) is 38.8. The highest BCUT2D eigenvalue weighted by molar-refractivity contribution is 6.51. The summed E-state index contributed by atoms with van der Waals surface area (Å²) >= 11 is 0. The Morgan fingerprint density at radius 3 is 2.27 bits per heavy atom. The average Bonchev–Trinajstić information content (AvgIpc) is 3.44. The molecule has 0 spiro atoms. The number of nitrogens with two attached hydrogens (primary N) is 1. The highest BCUT2D eigenvalue weighted by atomic mass is 16.5. The highest BCUT2D eigenvalue weighted by Crippen LogP contribution is 2.44. The zero-order chi connectivity index (χ0) is 29.0. The van der Waals surface area contributed by atoms with E-state index in [1.807, 2.05) is 44.3 Å². The Balaban J connectivity index is 1.70. The zero-order valence-corrected chi connectivity index (χ0v) is 23.7. The van der Waals surface area contributed by atoms with Gasteiger partial charge in [0.15, 0.2) is 23.1 Å². The maximum absolute atomic E-state index is 13.3. The quantitative estimate of drug-likeness (QED) is 0.260. The molecule has 212 valence electrons. The molecule has 0 radical (unpaired) electrons. The fourth-order valence-electron chi connectivity index (χ4n) is 5.26. The van der Waals surface area contributed by atoms with E-state index in [0.29, 0.717) is 71.4 Å². The van der Waals surface area contributed by atoms with Gasteiger partial charge in [0.2, 0.25) is 11.7 Å². The van der Waals surface area contributed by atoms with Crippen LogP contribution < -0.4 is 25.3 Å². The molecule has 9 nitrogen and oxygen atoms in total. The van der Waals surface area contributed by atoms with Crippen molar-refractivity contribution in [2.45, 2.75) is 45.7 Å². The lowest BCUT2D eigenvalue weighted by Gasteiger charge is -2.15. The monoisotopic (exact) mass is 547 g/mol. The number of hydrogen-bond donors (Lipinski definition) is 2. The van der Waals surface area contributed by atoms with E-state index in [-0.39, 0.29) is 23.9 Å². The highest BCUT2D eigenvalue weighted by Gasteiger charge is 2.35. The molecular formula is C31H37N3O6. The number of ether oxygens (including phenoxy) is 3. The molecule has 9 heteroatoms.